The summed E-state index contributed by atoms with van der Waals surface area (Å²) in [6.07, 6.45) is 3.75. The van der Waals surface area contributed by atoms with E-state index in [9.17, 15) is 4.79 Å². The number of nitrogens with one attached hydrogen (secondary N) is 1. The number of pyridine rings is 2. The molecule has 0 atom stereocenters. The standard InChI is InChI=1S/C22H23N5O/c23-19-6-4-16(20-3-1-2-8-25-20)13-17(19)14-22(28)21-7-5-18(15-26-21)27-11-9-24-10-12-27/h1-8,13,15,24H,9-12,14,23H2. The predicted molar refractivity (Wildman–Crippen MR) is 111 cm³/mol. The van der Waals surface area contributed by atoms with Gasteiger partial charge in [-0.2, -0.15) is 0 Å². The molecule has 0 spiro atoms. The molecule has 6 heteroatoms. The van der Waals surface area contributed by atoms with Crippen molar-refractivity contribution < 1.29 is 4.79 Å². The van der Waals surface area contributed by atoms with Gasteiger partial charge in [0.25, 0.3) is 0 Å². The Kier molecular flexibility index (Phi) is 5.30. The van der Waals surface area contributed by atoms with Crippen LogP contribution in [0.15, 0.2) is 60.9 Å². The van der Waals surface area contributed by atoms with Crippen LogP contribution in [0.4, 0.5) is 11.4 Å². The molecule has 1 saturated heterocycles. The zero-order chi connectivity index (χ0) is 19.3. The van der Waals surface area contributed by atoms with Crippen molar-refractivity contribution in [3.63, 3.8) is 0 Å². The first-order valence-corrected chi connectivity index (χ1v) is 9.45. The fourth-order valence-electron chi connectivity index (χ4n) is 3.38. The normalized spacial score (nSPS) is 14.1. The zero-order valence-electron chi connectivity index (χ0n) is 15.6. The van der Waals surface area contributed by atoms with E-state index in [1.165, 1.54) is 0 Å². The number of piperazine rings is 1. The van der Waals surface area contributed by atoms with Gasteiger partial charge in [-0.3, -0.25) is 14.8 Å². The molecule has 1 aliphatic heterocycles. The fraction of sp³-hybridized carbons (Fsp3) is 0.227. The van der Waals surface area contributed by atoms with Gasteiger partial charge in [0.05, 0.1) is 17.6 Å². The first kappa shape index (κ1) is 18.1. The lowest BCUT2D eigenvalue weighted by atomic mass is 10.0. The summed E-state index contributed by atoms with van der Waals surface area (Å²) in [5, 5.41) is 3.33. The Morgan fingerprint density at radius 2 is 1.93 bits per heavy atom. The zero-order valence-corrected chi connectivity index (χ0v) is 15.6. The van der Waals surface area contributed by atoms with Crippen LogP contribution in [0.1, 0.15) is 16.1 Å². The van der Waals surface area contributed by atoms with Gasteiger partial charge >= 0.3 is 0 Å². The summed E-state index contributed by atoms with van der Waals surface area (Å²) < 4.78 is 0. The van der Waals surface area contributed by atoms with E-state index in [0.29, 0.717) is 11.4 Å². The summed E-state index contributed by atoms with van der Waals surface area (Å²) in [5.41, 5.74) is 10.8. The third-order valence-electron chi connectivity index (χ3n) is 4.97. The molecule has 3 N–H and O–H groups in total. The second kappa shape index (κ2) is 8.19. The summed E-state index contributed by atoms with van der Waals surface area (Å²) in [7, 11) is 0. The van der Waals surface area contributed by atoms with E-state index in [-0.39, 0.29) is 12.2 Å². The number of nitrogen functional groups attached to an aromatic ring is 1. The van der Waals surface area contributed by atoms with E-state index in [1.54, 1.807) is 18.5 Å². The lowest BCUT2D eigenvalue weighted by Crippen LogP contribution is -2.43. The Hall–Kier alpha value is -3.25. The number of hydrogen-bond acceptors (Lipinski definition) is 6. The first-order chi connectivity index (χ1) is 13.7. The molecule has 0 radical (unpaired) electrons. The summed E-state index contributed by atoms with van der Waals surface area (Å²) >= 11 is 0. The number of hydrogen-bond donors (Lipinski definition) is 2. The number of Topliss-reactive ketones (excluding diaryl/α,β-unsaturated/α-hetero) is 1. The van der Waals surface area contributed by atoms with Gasteiger partial charge < -0.3 is 16.0 Å². The summed E-state index contributed by atoms with van der Waals surface area (Å²) in [5.74, 6) is -0.0447. The molecular weight excluding hydrogens is 350 g/mol. The van der Waals surface area contributed by atoms with Crippen LogP contribution in [-0.4, -0.2) is 41.9 Å². The molecule has 1 aliphatic rings. The number of rotatable bonds is 5. The van der Waals surface area contributed by atoms with Crippen LogP contribution >= 0.6 is 0 Å². The van der Waals surface area contributed by atoms with Gasteiger partial charge in [-0.15, -0.1) is 0 Å². The lowest BCUT2D eigenvalue weighted by molar-refractivity contribution is 0.0988. The largest absolute Gasteiger partial charge is 0.398 e. The van der Waals surface area contributed by atoms with Crippen molar-refractivity contribution in [3.05, 3.63) is 72.2 Å². The molecule has 4 rings (SSSR count). The van der Waals surface area contributed by atoms with E-state index in [1.807, 2.05) is 42.5 Å². The highest BCUT2D eigenvalue weighted by Crippen LogP contribution is 2.23. The average molecular weight is 373 g/mol. The highest BCUT2D eigenvalue weighted by molar-refractivity contribution is 5.96. The van der Waals surface area contributed by atoms with Crippen molar-refractivity contribution in [1.29, 1.82) is 0 Å². The Balaban J connectivity index is 1.50. The molecule has 28 heavy (non-hydrogen) atoms. The smallest absolute Gasteiger partial charge is 0.185 e. The fourth-order valence-corrected chi connectivity index (χ4v) is 3.38. The van der Waals surface area contributed by atoms with Crippen LogP contribution in [0, 0.1) is 0 Å². The molecule has 1 aromatic carbocycles. The van der Waals surface area contributed by atoms with Gasteiger partial charge in [-0.25, -0.2) is 0 Å². The van der Waals surface area contributed by atoms with Crippen molar-refractivity contribution in [2.45, 2.75) is 6.42 Å². The highest BCUT2D eigenvalue weighted by Gasteiger charge is 2.14. The van der Waals surface area contributed by atoms with Gasteiger partial charge in [-0.1, -0.05) is 12.1 Å². The number of aromatic nitrogens is 2. The molecule has 6 nitrogen and oxygen atoms in total. The predicted octanol–water partition coefficient (Wildman–Crippen LogP) is 2.56. The van der Waals surface area contributed by atoms with E-state index >= 15 is 0 Å². The Bertz CT molecular complexity index is 950. The molecule has 0 amide bonds. The number of ketones is 1. The van der Waals surface area contributed by atoms with Crippen LogP contribution in [0.2, 0.25) is 0 Å². The van der Waals surface area contributed by atoms with E-state index in [4.69, 9.17) is 5.73 Å². The molecule has 142 valence electrons. The maximum Gasteiger partial charge on any atom is 0.185 e. The molecule has 0 aliphatic carbocycles. The van der Waals surface area contributed by atoms with Gasteiger partial charge in [-0.05, 0) is 42.0 Å². The molecule has 3 heterocycles. The molecule has 2 aromatic heterocycles. The SMILES string of the molecule is Nc1ccc(-c2ccccn2)cc1CC(=O)c1ccc(N2CCNCC2)cn1. The minimum Gasteiger partial charge on any atom is -0.398 e. The van der Waals surface area contributed by atoms with Gasteiger partial charge in [0.2, 0.25) is 0 Å². The van der Waals surface area contributed by atoms with Crippen molar-refractivity contribution in [2.75, 3.05) is 36.8 Å². The number of nitrogens with zero attached hydrogens (tertiary/aromatic N) is 3. The van der Waals surface area contributed by atoms with Gasteiger partial charge in [0.1, 0.15) is 5.69 Å². The van der Waals surface area contributed by atoms with Gasteiger partial charge in [0.15, 0.2) is 5.78 Å². The van der Waals surface area contributed by atoms with Crippen LogP contribution < -0.4 is 16.0 Å². The summed E-state index contributed by atoms with van der Waals surface area (Å²) in [6, 6.07) is 15.2. The lowest BCUT2D eigenvalue weighted by Gasteiger charge is -2.29. The summed E-state index contributed by atoms with van der Waals surface area (Å²) in [4.78, 5) is 23.8. The first-order valence-electron chi connectivity index (χ1n) is 9.45. The highest BCUT2D eigenvalue weighted by atomic mass is 16.1. The number of carbonyl (C=O) groups is 1. The molecule has 0 unspecified atom stereocenters. The monoisotopic (exact) mass is 373 g/mol. The van der Waals surface area contributed by atoms with E-state index < -0.39 is 0 Å². The third kappa shape index (κ3) is 4.02. The van der Waals surface area contributed by atoms with E-state index in [2.05, 4.69) is 20.2 Å². The Morgan fingerprint density at radius 3 is 2.64 bits per heavy atom. The van der Waals surface area contributed by atoms with Crippen molar-refractivity contribution >= 4 is 17.2 Å². The Labute approximate surface area is 164 Å². The molecular formula is C22H23N5O. The number of anilines is 2. The van der Waals surface area contributed by atoms with Crippen LogP contribution in [0.25, 0.3) is 11.3 Å². The van der Waals surface area contributed by atoms with E-state index in [0.717, 1.165) is 48.7 Å². The van der Waals surface area contributed by atoms with Crippen molar-refractivity contribution in [3.8, 4) is 11.3 Å². The topological polar surface area (TPSA) is 84.1 Å². The van der Waals surface area contributed by atoms with Crippen LogP contribution in [0.3, 0.4) is 0 Å². The average Bonchev–Trinajstić information content (AvgIpc) is 2.76. The molecule has 1 fully saturated rings. The van der Waals surface area contributed by atoms with Crippen molar-refractivity contribution in [2.24, 2.45) is 0 Å². The quantitative estimate of drug-likeness (QED) is 0.528. The maximum atomic E-state index is 12.7. The Morgan fingerprint density at radius 1 is 1.07 bits per heavy atom. The summed E-state index contributed by atoms with van der Waals surface area (Å²) in [6.45, 7) is 3.83. The second-order valence-corrected chi connectivity index (χ2v) is 6.87. The maximum absolute atomic E-state index is 12.7. The van der Waals surface area contributed by atoms with Crippen molar-refractivity contribution in [1.82, 2.24) is 15.3 Å². The van der Waals surface area contributed by atoms with Crippen LogP contribution in [0.5, 0.6) is 0 Å². The molecule has 3 aromatic rings. The molecule has 0 bridgehead atoms. The number of benzene rings is 1. The minimum atomic E-state index is -0.0447. The van der Waals surface area contributed by atoms with Gasteiger partial charge in [0, 0.05) is 50.0 Å². The second-order valence-electron chi connectivity index (χ2n) is 6.87. The number of nitrogens with two attached hydrogens (primary N) is 1. The third-order valence-corrected chi connectivity index (χ3v) is 4.97. The van der Waals surface area contributed by atoms with Crippen LogP contribution in [-0.2, 0) is 6.42 Å². The number of carbonyl (C=O) groups excluding carboxylic acids is 1. The minimum absolute atomic E-state index is 0.0447. The molecule has 0 saturated carbocycles.